The number of carbonyl (C=O) groups excluding carboxylic acids is 1. The molecule has 2 amide bonds. The van der Waals surface area contributed by atoms with Crippen LogP contribution in [0.4, 0.5) is 4.79 Å². The average Bonchev–Trinajstić information content (AvgIpc) is 1.98. The Morgan fingerprint density at radius 3 is 2.45 bits per heavy atom. The lowest BCUT2D eigenvalue weighted by molar-refractivity contribution is 0.163. The summed E-state index contributed by atoms with van der Waals surface area (Å²) in [6.45, 7) is 4.21. The molecule has 0 atom stereocenters. The lowest BCUT2D eigenvalue weighted by Gasteiger charge is -2.24. The summed E-state index contributed by atoms with van der Waals surface area (Å²) in [6.07, 6.45) is 0. The van der Waals surface area contributed by atoms with E-state index in [1.165, 1.54) is 0 Å². The maximum Gasteiger partial charge on any atom is 0.317 e. The maximum absolute atomic E-state index is 11.0. The van der Waals surface area contributed by atoms with Crippen molar-refractivity contribution in [1.29, 1.82) is 0 Å². The number of amides is 2. The van der Waals surface area contributed by atoms with Crippen molar-refractivity contribution in [3.05, 3.63) is 0 Å². The third-order valence-corrected chi connectivity index (χ3v) is 1.44. The molecule has 0 aromatic carbocycles. The van der Waals surface area contributed by atoms with E-state index in [1.54, 1.807) is 11.9 Å². The molecule has 0 radical (unpaired) electrons. The van der Waals surface area contributed by atoms with E-state index in [-0.39, 0.29) is 18.7 Å². The van der Waals surface area contributed by atoms with Gasteiger partial charge in [-0.25, -0.2) is 4.79 Å². The molecule has 0 aromatic rings. The van der Waals surface area contributed by atoms with E-state index in [0.717, 1.165) is 0 Å². The van der Waals surface area contributed by atoms with Crippen molar-refractivity contribution >= 4 is 6.03 Å². The summed E-state index contributed by atoms with van der Waals surface area (Å²) in [5.74, 6) is 0. The van der Waals surface area contributed by atoms with Gasteiger partial charge < -0.3 is 15.3 Å². The van der Waals surface area contributed by atoms with Crippen molar-refractivity contribution in [3.63, 3.8) is 0 Å². The van der Waals surface area contributed by atoms with Crippen molar-refractivity contribution in [2.45, 2.75) is 19.9 Å². The van der Waals surface area contributed by atoms with Crippen molar-refractivity contribution < 1.29 is 9.90 Å². The summed E-state index contributed by atoms with van der Waals surface area (Å²) in [7, 11) is 1.58. The van der Waals surface area contributed by atoms with Crippen LogP contribution in [0.3, 0.4) is 0 Å². The first-order valence-electron chi connectivity index (χ1n) is 3.72. The molecular formula is C7H16N2O2. The molecule has 2 N–H and O–H groups in total. The van der Waals surface area contributed by atoms with Gasteiger partial charge in [-0.2, -0.15) is 0 Å². The molecule has 0 aliphatic rings. The first-order chi connectivity index (χ1) is 5.13. The Balaban J connectivity index is 3.98. The van der Waals surface area contributed by atoms with E-state index < -0.39 is 0 Å². The van der Waals surface area contributed by atoms with Crippen LogP contribution in [0.25, 0.3) is 0 Å². The molecule has 0 rings (SSSR count). The van der Waals surface area contributed by atoms with E-state index >= 15 is 0 Å². The van der Waals surface area contributed by atoms with Gasteiger partial charge in [-0.3, -0.25) is 0 Å². The second kappa shape index (κ2) is 4.96. The number of aliphatic hydroxyl groups excluding tert-OH is 1. The van der Waals surface area contributed by atoms with Crippen molar-refractivity contribution in [3.8, 4) is 0 Å². The normalized spacial score (nSPS) is 9.91. The lowest BCUT2D eigenvalue weighted by atomic mass is 10.3. The second-order valence-electron chi connectivity index (χ2n) is 2.57. The molecule has 0 spiro atoms. The Morgan fingerprint density at radius 1 is 1.64 bits per heavy atom. The van der Waals surface area contributed by atoms with Gasteiger partial charge >= 0.3 is 6.03 Å². The summed E-state index contributed by atoms with van der Waals surface area (Å²) in [5.41, 5.74) is 0. The largest absolute Gasteiger partial charge is 0.395 e. The van der Waals surface area contributed by atoms with E-state index in [0.29, 0.717) is 6.54 Å². The minimum atomic E-state index is -0.144. The van der Waals surface area contributed by atoms with Crippen molar-refractivity contribution in [2.75, 3.05) is 20.2 Å². The summed E-state index contributed by atoms with van der Waals surface area (Å²) in [6, 6.07) is -0.0175. The van der Waals surface area contributed by atoms with Crippen LogP contribution in [0.2, 0.25) is 0 Å². The number of carbonyl (C=O) groups is 1. The molecule has 0 bridgehead atoms. The SMILES string of the molecule is CNC(=O)N(CCO)C(C)C. The molecule has 0 aromatic heterocycles. The Kier molecular flexibility index (Phi) is 4.61. The summed E-state index contributed by atoms with van der Waals surface area (Å²) in [5, 5.41) is 11.1. The second-order valence-corrected chi connectivity index (χ2v) is 2.57. The van der Waals surface area contributed by atoms with Gasteiger partial charge in [-0.05, 0) is 13.8 Å². The highest BCUT2D eigenvalue weighted by Crippen LogP contribution is 1.96. The molecule has 0 saturated carbocycles. The van der Waals surface area contributed by atoms with Gasteiger partial charge in [-0.1, -0.05) is 0 Å². The van der Waals surface area contributed by atoms with E-state index in [9.17, 15) is 4.79 Å². The van der Waals surface area contributed by atoms with Crippen LogP contribution in [-0.4, -0.2) is 42.3 Å². The first kappa shape index (κ1) is 10.2. The van der Waals surface area contributed by atoms with Gasteiger partial charge in [0.05, 0.1) is 6.61 Å². The summed E-state index contributed by atoms with van der Waals surface area (Å²) >= 11 is 0. The standard InChI is InChI=1S/C7H16N2O2/c1-6(2)9(4-5-10)7(11)8-3/h6,10H,4-5H2,1-3H3,(H,8,11). The van der Waals surface area contributed by atoms with E-state index in [4.69, 9.17) is 5.11 Å². The first-order valence-corrected chi connectivity index (χ1v) is 3.72. The van der Waals surface area contributed by atoms with Crippen molar-refractivity contribution in [1.82, 2.24) is 10.2 Å². The molecule has 0 aliphatic heterocycles. The number of urea groups is 1. The zero-order valence-electron chi connectivity index (χ0n) is 7.29. The Hall–Kier alpha value is -0.770. The number of hydrogen-bond donors (Lipinski definition) is 2. The van der Waals surface area contributed by atoms with Crippen LogP contribution >= 0.6 is 0 Å². The van der Waals surface area contributed by atoms with Gasteiger partial charge in [0.25, 0.3) is 0 Å². The van der Waals surface area contributed by atoms with Gasteiger partial charge in [0, 0.05) is 19.6 Å². The molecular weight excluding hydrogens is 144 g/mol. The molecule has 11 heavy (non-hydrogen) atoms. The quantitative estimate of drug-likeness (QED) is 0.612. The average molecular weight is 160 g/mol. The van der Waals surface area contributed by atoms with E-state index in [2.05, 4.69) is 5.32 Å². The third-order valence-electron chi connectivity index (χ3n) is 1.44. The zero-order chi connectivity index (χ0) is 8.85. The lowest BCUT2D eigenvalue weighted by Crippen LogP contribution is -2.43. The van der Waals surface area contributed by atoms with E-state index in [1.807, 2.05) is 13.8 Å². The predicted octanol–water partition coefficient (Wildman–Crippen LogP) is 0.0285. The molecule has 4 heteroatoms. The Labute approximate surface area is 67.2 Å². The third kappa shape index (κ3) is 3.23. The minimum Gasteiger partial charge on any atom is -0.395 e. The van der Waals surface area contributed by atoms with Crippen molar-refractivity contribution in [2.24, 2.45) is 0 Å². The number of aliphatic hydroxyl groups is 1. The highest BCUT2D eigenvalue weighted by molar-refractivity contribution is 5.74. The Morgan fingerprint density at radius 2 is 2.18 bits per heavy atom. The number of nitrogens with zero attached hydrogens (tertiary/aromatic N) is 1. The highest BCUT2D eigenvalue weighted by Gasteiger charge is 2.13. The zero-order valence-corrected chi connectivity index (χ0v) is 7.29. The molecule has 66 valence electrons. The molecule has 0 aliphatic carbocycles. The molecule has 0 fully saturated rings. The highest BCUT2D eigenvalue weighted by atomic mass is 16.3. The van der Waals surface area contributed by atoms with Crippen LogP contribution in [0.5, 0.6) is 0 Å². The number of rotatable bonds is 3. The van der Waals surface area contributed by atoms with Gasteiger partial charge in [0.1, 0.15) is 0 Å². The molecule has 0 unspecified atom stereocenters. The number of hydrogen-bond acceptors (Lipinski definition) is 2. The van der Waals surface area contributed by atoms with Gasteiger partial charge in [0.2, 0.25) is 0 Å². The van der Waals surface area contributed by atoms with Gasteiger partial charge in [-0.15, -0.1) is 0 Å². The fourth-order valence-electron chi connectivity index (χ4n) is 0.846. The maximum atomic E-state index is 11.0. The fraction of sp³-hybridized carbons (Fsp3) is 0.857. The molecule has 0 heterocycles. The van der Waals surface area contributed by atoms with Crippen LogP contribution in [0.15, 0.2) is 0 Å². The van der Waals surface area contributed by atoms with Crippen LogP contribution < -0.4 is 5.32 Å². The molecule has 0 saturated heterocycles. The monoisotopic (exact) mass is 160 g/mol. The minimum absolute atomic E-state index is 0.00556. The summed E-state index contributed by atoms with van der Waals surface area (Å²) in [4.78, 5) is 12.6. The Bertz CT molecular complexity index is 126. The fourth-order valence-corrected chi connectivity index (χ4v) is 0.846. The topological polar surface area (TPSA) is 52.6 Å². The summed E-state index contributed by atoms with van der Waals surface area (Å²) < 4.78 is 0. The molecule has 4 nitrogen and oxygen atoms in total. The van der Waals surface area contributed by atoms with Crippen LogP contribution in [0.1, 0.15) is 13.8 Å². The predicted molar refractivity (Wildman–Crippen MR) is 43.4 cm³/mol. The van der Waals surface area contributed by atoms with Crippen LogP contribution in [-0.2, 0) is 0 Å². The van der Waals surface area contributed by atoms with Crippen LogP contribution in [0, 0.1) is 0 Å². The smallest absolute Gasteiger partial charge is 0.317 e. The van der Waals surface area contributed by atoms with Gasteiger partial charge in [0.15, 0.2) is 0 Å². The number of nitrogens with one attached hydrogen (secondary N) is 1.